The van der Waals surface area contributed by atoms with Gasteiger partial charge >= 0.3 is 0 Å². The molecule has 0 aliphatic carbocycles. The smallest absolute Gasteiger partial charge is 0.160 e. The molecule has 3 heteroatoms. The van der Waals surface area contributed by atoms with Gasteiger partial charge in [0.15, 0.2) is 11.5 Å². The van der Waals surface area contributed by atoms with Crippen molar-refractivity contribution in [2.45, 2.75) is 6.42 Å². The van der Waals surface area contributed by atoms with Crippen LogP contribution in [-0.2, 0) is 6.42 Å². The molecule has 1 aromatic carbocycles. The zero-order valence-electron chi connectivity index (χ0n) is 8.91. The highest BCUT2D eigenvalue weighted by Gasteiger charge is 2.02. The molecule has 0 unspecified atom stereocenters. The fourth-order valence-electron chi connectivity index (χ4n) is 1.28. The summed E-state index contributed by atoms with van der Waals surface area (Å²) in [7, 11) is 5.10. The van der Waals surface area contributed by atoms with Crippen molar-refractivity contribution in [1.29, 1.82) is 0 Å². The largest absolute Gasteiger partial charge is 0.665 e. The van der Waals surface area contributed by atoms with Crippen molar-refractivity contribution < 1.29 is 9.47 Å². The predicted octanol–water partition coefficient (Wildman–Crippen LogP) is 2.25. The van der Waals surface area contributed by atoms with Gasteiger partial charge in [0.25, 0.3) is 0 Å². The Morgan fingerprint density at radius 3 is 2.43 bits per heavy atom. The van der Waals surface area contributed by atoms with Crippen molar-refractivity contribution in [3.63, 3.8) is 0 Å². The third-order valence-corrected chi connectivity index (χ3v) is 2.07. The molecule has 0 saturated heterocycles. The maximum atomic E-state index is 5.20. The second-order valence-electron chi connectivity index (χ2n) is 2.98. The van der Waals surface area contributed by atoms with Crippen molar-refractivity contribution in [1.82, 2.24) is 0 Å². The molecule has 78 valence electrons. The molecule has 0 atom stereocenters. The SMILES string of the molecule is C[N-]CCc1ccc(OC)c(OC)c1. The van der Waals surface area contributed by atoms with Crippen molar-refractivity contribution >= 4 is 0 Å². The lowest BCUT2D eigenvalue weighted by Gasteiger charge is -2.12. The Morgan fingerprint density at radius 1 is 1.14 bits per heavy atom. The van der Waals surface area contributed by atoms with Crippen LogP contribution in [0.25, 0.3) is 5.32 Å². The van der Waals surface area contributed by atoms with Crippen LogP contribution in [0.1, 0.15) is 5.56 Å². The minimum Gasteiger partial charge on any atom is -0.665 e. The van der Waals surface area contributed by atoms with Crippen LogP contribution in [-0.4, -0.2) is 27.8 Å². The first-order valence-electron chi connectivity index (χ1n) is 4.58. The van der Waals surface area contributed by atoms with Crippen LogP contribution < -0.4 is 9.47 Å². The molecule has 0 saturated carbocycles. The molecule has 14 heavy (non-hydrogen) atoms. The van der Waals surface area contributed by atoms with Crippen LogP contribution in [0.2, 0.25) is 0 Å². The lowest BCUT2D eigenvalue weighted by molar-refractivity contribution is 0.354. The molecule has 1 rings (SSSR count). The molecular formula is C11H16NO2-. The van der Waals surface area contributed by atoms with E-state index in [9.17, 15) is 0 Å². The van der Waals surface area contributed by atoms with E-state index in [2.05, 4.69) is 5.32 Å². The first-order valence-corrected chi connectivity index (χ1v) is 4.58. The number of hydrogen-bond donors (Lipinski definition) is 0. The number of hydrogen-bond acceptors (Lipinski definition) is 2. The van der Waals surface area contributed by atoms with Crippen LogP contribution in [0.4, 0.5) is 0 Å². The second-order valence-corrected chi connectivity index (χ2v) is 2.98. The molecule has 0 spiro atoms. The molecule has 0 bridgehead atoms. The molecule has 0 fully saturated rings. The molecule has 0 N–H and O–H groups in total. The van der Waals surface area contributed by atoms with E-state index in [0.717, 1.165) is 24.5 Å². The summed E-state index contributed by atoms with van der Waals surface area (Å²) in [6.07, 6.45) is 0.941. The summed E-state index contributed by atoms with van der Waals surface area (Å²) in [6.45, 7) is 0.843. The van der Waals surface area contributed by atoms with E-state index in [1.807, 2.05) is 25.2 Å². The number of methoxy groups -OCH3 is 2. The number of benzene rings is 1. The molecule has 0 amide bonds. The van der Waals surface area contributed by atoms with Crippen LogP contribution in [0.5, 0.6) is 11.5 Å². The zero-order valence-corrected chi connectivity index (χ0v) is 8.91. The summed E-state index contributed by atoms with van der Waals surface area (Å²) in [4.78, 5) is 0. The van der Waals surface area contributed by atoms with Crippen LogP contribution in [0.3, 0.4) is 0 Å². The van der Waals surface area contributed by atoms with Crippen molar-refractivity contribution in [2.24, 2.45) is 0 Å². The Hall–Kier alpha value is -1.22. The van der Waals surface area contributed by atoms with Crippen molar-refractivity contribution in [3.05, 3.63) is 29.1 Å². The van der Waals surface area contributed by atoms with Gasteiger partial charge in [0.1, 0.15) is 0 Å². The highest BCUT2D eigenvalue weighted by molar-refractivity contribution is 5.43. The van der Waals surface area contributed by atoms with Crippen LogP contribution >= 0.6 is 0 Å². The summed E-state index contributed by atoms with van der Waals surface area (Å²) in [5, 5.41) is 4.06. The maximum Gasteiger partial charge on any atom is 0.160 e. The van der Waals surface area contributed by atoms with Gasteiger partial charge in [-0.2, -0.15) is 7.05 Å². The van der Waals surface area contributed by atoms with Gasteiger partial charge in [-0.05, 0) is 24.1 Å². The summed E-state index contributed by atoms with van der Waals surface area (Å²) in [5.74, 6) is 1.55. The van der Waals surface area contributed by atoms with E-state index >= 15 is 0 Å². The van der Waals surface area contributed by atoms with Crippen molar-refractivity contribution in [3.8, 4) is 11.5 Å². The molecule has 0 aromatic heterocycles. The Labute approximate surface area is 85.0 Å². The number of nitrogens with zero attached hydrogens (tertiary/aromatic N) is 1. The molecule has 0 aliphatic heterocycles. The van der Waals surface area contributed by atoms with Gasteiger partial charge in [-0.25, -0.2) is 0 Å². The Balaban J connectivity index is 2.79. The third-order valence-electron chi connectivity index (χ3n) is 2.07. The van der Waals surface area contributed by atoms with Crippen LogP contribution in [0, 0.1) is 0 Å². The Morgan fingerprint density at radius 2 is 1.86 bits per heavy atom. The van der Waals surface area contributed by atoms with E-state index in [1.165, 1.54) is 5.56 Å². The van der Waals surface area contributed by atoms with E-state index in [-0.39, 0.29) is 0 Å². The standard InChI is InChI=1S/C11H16NO2/c1-12-7-6-9-4-5-10(13-2)11(8-9)14-3/h4-5,8H,6-7H2,1-3H3/q-1. The van der Waals surface area contributed by atoms with E-state index in [0.29, 0.717) is 0 Å². The van der Waals surface area contributed by atoms with E-state index in [1.54, 1.807) is 14.2 Å². The van der Waals surface area contributed by atoms with Gasteiger partial charge in [-0.1, -0.05) is 6.07 Å². The Bertz CT molecular complexity index is 287. The van der Waals surface area contributed by atoms with E-state index in [4.69, 9.17) is 9.47 Å². The minimum absolute atomic E-state index is 0.768. The summed E-state index contributed by atoms with van der Waals surface area (Å²) in [5.41, 5.74) is 1.22. The summed E-state index contributed by atoms with van der Waals surface area (Å²) < 4.78 is 10.3. The molecule has 1 aromatic rings. The quantitative estimate of drug-likeness (QED) is 0.720. The summed E-state index contributed by atoms with van der Waals surface area (Å²) >= 11 is 0. The zero-order chi connectivity index (χ0) is 10.4. The molecule has 3 nitrogen and oxygen atoms in total. The molecule has 0 heterocycles. The molecule has 0 aliphatic rings. The highest BCUT2D eigenvalue weighted by atomic mass is 16.5. The van der Waals surface area contributed by atoms with Gasteiger partial charge in [-0.3, -0.25) is 0 Å². The topological polar surface area (TPSA) is 32.6 Å². The fourth-order valence-corrected chi connectivity index (χ4v) is 1.28. The normalized spacial score (nSPS) is 9.93. The number of rotatable bonds is 5. The lowest BCUT2D eigenvalue weighted by Crippen LogP contribution is -1.94. The first-order chi connectivity index (χ1) is 6.81. The number of likely N-dealkylation sites (N-methyl/N-ethyl adjacent to an activating group) is 1. The first kappa shape index (κ1) is 10.9. The maximum absolute atomic E-state index is 5.20. The number of ether oxygens (including phenoxy) is 2. The summed E-state index contributed by atoms with van der Waals surface area (Å²) in [6, 6.07) is 5.94. The highest BCUT2D eigenvalue weighted by Crippen LogP contribution is 2.27. The van der Waals surface area contributed by atoms with Crippen molar-refractivity contribution in [2.75, 3.05) is 27.8 Å². The predicted molar refractivity (Wildman–Crippen MR) is 57.4 cm³/mol. The minimum atomic E-state index is 0.768. The monoisotopic (exact) mass is 194 g/mol. The van der Waals surface area contributed by atoms with Gasteiger partial charge in [0, 0.05) is 0 Å². The molecule has 0 radical (unpaired) electrons. The van der Waals surface area contributed by atoms with Gasteiger partial charge in [-0.15, -0.1) is 6.54 Å². The lowest BCUT2D eigenvalue weighted by atomic mass is 10.1. The third kappa shape index (κ3) is 2.64. The van der Waals surface area contributed by atoms with Gasteiger partial charge in [0.05, 0.1) is 14.2 Å². The van der Waals surface area contributed by atoms with Gasteiger partial charge < -0.3 is 14.8 Å². The van der Waals surface area contributed by atoms with E-state index < -0.39 is 0 Å². The molecular weight excluding hydrogens is 178 g/mol. The average molecular weight is 194 g/mol. The van der Waals surface area contributed by atoms with Crippen LogP contribution in [0.15, 0.2) is 18.2 Å². The fraction of sp³-hybridized carbons (Fsp3) is 0.455. The van der Waals surface area contributed by atoms with Gasteiger partial charge in [0.2, 0.25) is 0 Å². The second kappa shape index (κ2) is 5.50. The average Bonchev–Trinajstić information content (AvgIpc) is 2.25. The Kier molecular flexibility index (Phi) is 4.26.